The maximum atomic E-state index is 11.1. The molecule has 0 aliphatic carbocycles. The highest BCUT2D eigenvalue weighted by molar-refractivity contribution is 5.47. The van der Waals surface area contributed by atoms with E-state index < -0.39 is 11.0 Å². The van der Waals surface area contributed by atoms with Gasteiger partial charge in [0.2, 0.25) is 0 Å². The zero-order chi connectivity index (χ0) is 15.9. The lowest BCUT2D eigenvalue weighted by atomic mass is 10.1. The number of ether oxygens (including phenoxy) is 1. The van der Waals surface area contributed by atoms with Gasteiger partial charge in [-0.1, -0.05) is 42.5 Å². The Hall–Kier alpha value is -2.66. The minimum absolute atomic E-state index is 0.127. The second-order valence-corrected chi connectivity index (χ2v) is 4.72. The Labute approximate surface area is 128 Å². The first-order chi connectivity index (χ1) is 10.6. The molecule has 0 radical (unpaired) electrons. The first-order valence-electron chi connectivity index (χ1n) is 6.87. The van der Waals surface area contributed by atoms with Crippen LogP contribution in [0.3, 0.4) is 0 Å². The highest BCUT2D eigenvalue weighted by Crippen LogP contribution is 2.30. The molecule has 5 heteroatoms. The van der Waals surface area contributed by atoms with E-state index in [2.05, 4.69) is 0 Å². The molecule has 0 aromatic heterocycles. The normalized spacial score (nSPS) is 12.3. The summed E-state index contributed by atoms with van der Waals surface area (Å²) in [6.45, 7) is 2.10. The Kier molecular flexibility index (Phi) is 5.27. The fourth-order valence-corrected chi connectivity index (χ4v) is 2.05. The van der Waals surface area contributed by atoms with Crippen molar-refractivity contribution in [3.63, 3.8) is 0 Å². The van der Waals surface area contributed by atoms with Crippen molar-refractivity contribution in [2.24, 2.45) is 0 Å². The average molecular weight is 299 g/mol. The number of allylic oxidation sites excluding steroid dienone is 1. The molecule has 2 aromatic carbocycles. The minimum atomic E-state index is -1.04. The van der Waals surface area contributed by atoms with E-state index in [1.165, 1.54) is 24.3 Å². The van der Waals surface area contributed by atoms with Crippen LogP contribution in [0, 0.1) is 10.1 Å². The SMILES string of the molecule is C/C=C/C(O)c1cc(OCc2ccccc2)ccc1[N+](=O)[O-]. The molecular weight excluding hydrogens is 282 g/mol. The van der Waals surface area contributed by atoms with Crippen LogP contribution in [-0.4, -0.2) is 10.0 Å². The van der Waals surface area contributed by atoms with Crippen molar-refractivity contribution in [3.05, 3.63) is 81.9 Å². The van der Waals surface area contributed by atoms with E-state index in [0.717, 1.165) is 5.56 Å². The minimum Gasteiger partial charge on any atom is -0.489 e. The van der Waals surface area contributed by atoms with Gasteiger partial charge in [-0.05, 0) is 24.6 Å². The average Bonchev–Trinajstić information content (AvgIpc) is 2.53. The van der Waals surface area contributed by atoms with E-state index in [4.69, 9.17) is 4.74 Å². The van der Waals surface area contributed by atoms with Crippen LogP contribution in [0.4, 0.5) is 5.69 Å². The van der Waals surface area contributed by atoms with E-state index in [0.29, 0.717) is 12.4 Å². The van der Waals surface area contributed by atoms with Crippen LogP contribution in [-0.2, 0) is 6.61 Å². The molecule has 1 atom stereocenters. The van der Waals surface area contributed by atoms with Crippen molar-refractivity contribution in [2.75, 3.05) is 0 Å². The second-order valence-electron chi connectivity index (χ2n) is 4.72. The predicted molar refractivity (Wildman–Crippen MR) is 83.6 cm³/mol. The number of nitro benzene ring substituents is 1. The van der Waals surface area contributed by atoms with Crippen molar-refractivity contribution < 1.29 is 14.8 Å². The van der Waals surface area contributed by atoms with E-state index in [-0.39, 0.29) is 11.3 Å². The highest BCUT2D eigenvalue weighted by atomic mass is 16.6. The maximum absolute atomic E-state index is 11.1. The summed E-state index contributed by atoms with van der Waals surface area (Å²) in [5.74, 6) is 0.480. The van der Waals surface area contributed by atoms with E-state index in [1.54, 1.807) is 13.0 Å². The lowest BCUT2D eigenvalue weighted by Gasteiger charge is -2.11. The van der Waals surface area contributed by atoms with Gasteiger partial charge in [-0.15, -0.1) is 0 Å². The lowest BCUT2D eigenvalue weighted by Crippen LogP contribution is -2.02. The third-order valence-corrected chi connectivity index (χ3v) is 3.14. The van der Waals surface area contributed by atoms with Gasteiger partial charge in [-0.2, -0.15) is 0 Å². The Balaban J connectivity index is 2.22. The van der Waals surface area contributed by atoms with Crippen LogP contribution in [0.1, 0.15) is 24.2 Å². The summed E-state index contributed by atoms with van der Waals surface area (Å²) in [7, 11) is 0. The molecule has 0 spiro atoms. The molecule has 2 aromatic rings. The number of nitrogens with zero attached hydrogens (tertiary/aromatic N) is 1. The predicted octanol–water partition coefficient (Wildman–Crippen LogP) is 3.78. The summed E-state index contributed by atoms with van der Waals surface area (Å²) in [4.78, 5) is 10.5. The molecule has 1 N–H and O–H groups in total. The third-order valence-electron chi connectivity index (χ3n) is 3.14. The van der Waals surface area contributed by atoms with Gasteiger partial charge in [0.05, 0.1) is 10.5 Å². The molecule has 22 heavy (non-hydrogen) atoms. The summed E-state index contributed by atoms with van der Waals surface area (Å²) in [6, 6.07) is 14.0. The van der Waals surface area contributed by atoms with Gasteiger partial charge < -0.3 is 9.84 Å². The molecule has 0 saturated heterocycles. The molecule has 0 heterocycles. The van der Waals surface area contributed by atoms with Gasteiger partial charge in [0.15, 0.2) is 0 Å². The smallest absolute Gasteiger partial charge is 0.275 e. The van der Waals surface area contributed by atoms with Crippen molar-refractivity contribution in [1.29, 1.82) is 0 Å². The van der Waals surface area contributed by atoms with Crippen molar-refractivity contribution in [3.8, 4) is 5.75 Å². The molecule has 0 amide bonds. The lowest BCUT2D eigenvalue weighted by molar-refractivity contribution is -0.386. The summed E-state index contributed by atoms with van der Waals surface area (Å²) in [5.41, 5.74) is 1.09. The molecule has 114 valence electrons. The van der Waals surface area contributed by atoms with Gasteiger partial charge in [0.25, 0.3) is 5.69 Å². The monoisotopic (exact) mass is 299 g/mol. The molecular formula is C17H17NO4. The fourth-order valence-electron chi connectivity index (χ4n) is 2.05. The number of aliphatic hydroxyl groups excluding tert-OH is 1. The molecule has 2 rings (SSSR count). The number of hydrogen-bond donors (Lipinski definition) is 1. The Morgan fingerprint density at radius 3 is 2.64 bits per heavy atom. The van der Waals surface area contributed by atoms with Crippen LogP contribution < -0.4 is 4.74 Å². The first-order valence-corrected chi connectivity index (χ1v) is 6.87. The zero-order valence-corrected chi connectivity index (χ0v) is 12.2. The number of benzene rings is 2. The molecule has 5 nitrogen and oxygen atoms in total. The van der Waals surface area contributed by atoms with Crippen LogP contribution in [0.2, 0.25) is 0 Å². The number of rotatable bonds is 6. The molecule has 0 saturated carbocycles. The van der Waals surface area contributed by atoms with Gasteiger partial charge in [0.1, 0.15) is 18.5 Å². The molecule has 0 bridgehead atoms. The number of nitro groups is 1. The third kappa shape index (κ3) is 3.93. The van der Waals surface area contributed by atoms with Gasteiger partial charge in [-0.25, -0.2) is 0 Å². The van der Waals surface area contributed by atoms with Gasteiger partial charge in [0, 0.05) is 6.07 Å². The number of hydrogen-bond acceptors (Lipinski definition) is 4. The topological polar surface area (TPSA) is 72.6 Å². The van der Waals surface area contributed by atoms with Crippen molar-refractivity contribution >= 4 is 5.69 Å². The van der Waals surface area contributed by atoms with Crippen LogP contribution in [0.25, 0.3) is 0 Å². The largest absolute Gasteiger partial charge is 0.489 e. The molecule has 0 aliphatic heterocycles. The standard InChI is InChI=1S/C17H17NO4/c1-2-6-17(19)15-11-14(9-10-16(15)18(20)21)22-12-13-7-4-3-5-8-13/h2-11,17,19H,12H2,1H3/b6-2+. The maximum Gasteiger partial charge on any atom is 0.275 e. The molecule has 0 aliphatic rings. The zero-order valence-electron chi connectivity index (χ0n) is 12.2. The Bertz CT molecular complexity index is 668. The highest BCUT2D eigenvalue weighted by Gasteiger charge is 2.19. The summed E-state index contributed by atoms with van der Waals surface area (Å²) in [6.07, 6.45) is 2.10. The Morgan fingerprint density at radius 2 is 2.00 bits per heavy atom. The summed E-state index contributed by atoms with van der Waals surface area (Å²) < 4.78 is 5.64. The summed E-state index contributed by atoms with van der Waals surface area (Å²) in [5, 5.41) is 21.1. The fraction of sp³-hybridized carbons (Fsp3) is 0.176. The van der Waals surface area contributed by atoms with E-state index in [1.807, 2.05) is 30.3 Å². The molecule has 1 unspecified atom stereocenters. The molecule has 0 fully saturated rings. The van der Waals surface area contributed by atoms with Crippen LogP contribution in [0.5, 0.6) is 5.75 Å². The second kappa shape index (κ2) is 7.38. The summed E-state index contributed by atoms with van der Waals surface area (Å²) >= 11 is 0. The van der Waals surface area contributed by atoms with Crippen LogP contribution >= 0.6 is 0 Å². The quantitative estimate of drug-likeness (QED) is 0.500. The first kappa shape index (κ1) is 15.7. The van der Waals surface area contributed by atoms with Crippen molar-refractivity contribution in [2.45, 2.75) is 19.6 Å². The van der Waals surface area contributed by atoms with Crippen molar-refractivity contribution in [1.82, 2.24) is 0 Å². The van der Waals surface area contributed by atoms with E-state index >= 15 is 0 Å². The Morgan fingerprint density at radius 1 is 1.27 bits per heavy atom. The van der Waals surface area contributed by atoms with E-state index in [9.17, 15) is 15.2 Å². The van der Waals surface area contributed by atoms with Gasteiger partial charge in [-0.3, -0.25) is 10.1 Å². The van der Waals surface area contributed by atoms with Gasteiger partial charge >= 0.3 is 0 Å². The van der Waals surface area contributed by atoms with Crippen LogP contribution in [0.15, 0.2) is 60.7 Å². The number of aliphatic hydroxyl groups is 1.